The van der Waals surface area contributed by atoms with Gasteiger partial charge in [-0.15, -0.1) is 0 Å². The maximum atomic E-state index is 11.9. The van der Waals surface area contributed by atoms with Crippen molar-refractivity contribution in [1.82, 2.24) is 9.78 Å². The van der Waals surface area contributed by atoms with Gasteiger partial charge in [0.15, 0.2) is 0 Å². The van der Waals surface area contributed by atoms with Gasteiger partial charge in [-0.1, -0.05) is 34.1 Å². The van der Waals surface area contributed by atoms with E-state index in [0.29, 0.717) is 19.5 Å². The van der Waals surface area contributed by atoms with Crippen molar-refractivity contribution in [2.45, 2.75) is 13.0 Å². The molecule has 0 unspecified atom stereocenters. The van der Waals surface area contributed by atoms with Crippen LogP contribution in [-0.2, 0) is 13.0 Å². The van der Waals surface area contributed by atoms with E-state index in [1.165, 1.54) is 0 Å². The molecule has 1 aromatic carbocycles. The quantitative estimate of drug-likeness (QED) is 0.898. The standard InChI is InChI=1S/C12H14BrN3O/c13-11-4-2-1-3-10(11)8-16-12(17)9(5-6-14)7-15-16/h1-4,7,15H,5-6,8,14H2. The number of benzene rings is 1. The van der Waals surface area contributed by atoms with Crippen LogP contribution in [0.5, 0.6) is 0 Å². The van der Waals surface area contributed by atoms with Gasteiger partial charge in [-0.05, 0) is 24.6 Å². The van der Waals surface area contributed by atoms with Gasteiger partial charge in [-0.25, -0.2) is 4.68 Å². The van der Waals surface area contributed by atoms with Crippen LogP contribution in [0.25, 0.3) is 0 Å². The van der Waals surface area contributed by atoms with Gasteiger partial charge >= 0.3 is 0 Å². The van der Waals surface area contributed by atoms with E-state index in [1.54, 1.807) is 10.9 Å². The predicted molar refractivity (Wildman–Crippen MR) is 71.1 cm³/mol. The molecule has 2 aromatic rings. The molecule has 0 aliphatic carbocycles. The summed E-state index contributed by atoms with van der Waals surface area (Å²) in [6.07, 6.45) is 2.34. The zero-order valence-electron chi connectivity index (χ0n) is 9.32. The first-order valence-electron chi connectivity index (χ1n) is 5.43. The molecule has 0 saturated heterocycles. The molecule has 17 heavy (non-hydrogen) atoms. The zero-order valence-corrected chi connectivity index (χ0v) is 10.9. The molecule has 1 heterocycles. The third-order valence-corrected chi connectivity index (χ3v) is 3.39. The Balaban J connectivity index is 2.25. The first-order valence-corrected chi connectivity index (χ1v) is 6.22. The van der Waals surface area contributed by atoms with Crippen LogP contribution in [0.15, 0.2) is 39.7 Å². The van der Waals surface area contributed by atoms with Crippen molar-refractivity contribution in [3.63, 3.8) is 0 Å². The smallest absolute Gasteiger partial charge is 0.270 e. The van der Waals surface area contributed by atoms with Gasteiger partial charge in [0.05, 0.1) is 6.54 Å². The van der Waals surface area contributed by atoms with Gasteiger partial charge in [0.1, 0.15) is 0 Å². The van der Waals surface area contributed by atoms with Crippen molar-refractivity contribution in [3.05, 3.63) is 56.4 Å². The molecule has 0 amide bonds. The van der Waals surface area contributed by atoms with Crippen LogP contribution in [0.2, 0.25) is 0 Å². The van der Waals surface area contributed by atoms with E-state index in [0.717, 1.165) is 15.6 Å². The summed E-state index contributed by atoms with van der Waals surface area (Å²) in [6.45, 7) is 1.02. The predicted octanol–water partition coefficient (Wildman–Crippen LogP) is 1.49. The number of nitrogens with two attached hydrogens (primary N) is 1. The molecule has 4 nitrogen and oxygen atoms in total. The Morgan fingerprint density at radius 1 is 1.29 bits per heavy atom. The van der Waals surface area contributed by atoms with E-state index < -0.39 is 0 Å². The van der Waals surface area contributed by atoms with Crippen molar-refractivity contribution in [2.24, 2.45) is 5.73 Å². The fourth-order valence-electron chi connectivity index (χ4n) is 1.70. The lowest BCUT2D eigenvalue weighted by molar-refractivity contribution is 0.660. The Morgan fingerprint density at radius 3 is 2.76 bits per heavy atom. The zero-order chi connectivity index (χ0) is 12.3. The maximum Gasteiger partial charge on any atom is 0.270 e. The number of hydrogen-bond acceptors (Lipinski definition) is 2. The molecule has 1 aromatic heterocycles. The Hall–Kier alpha value is -1.33. The highest BCUT2D eigenvalue weighted by molar-refractivity contribution is 9.10. The van der Waals surface area contributed by atoms with Crippen molar-refractivity contribution >= 4 is 15.9 Å². The summed E-state index contributed by atoms with van der Waals surface area (Å²) in [5.41, 5.74) is 7.25. The van der Waals surface area contributed by atoms with Crippen molar-refractivity contribution < 1.29 is 0 Å². The van der Waals surface area contributed by atoms with Crippen molar-refractivity contribution in [3.8, 4) is 0 Å². The van der Waals surface area contributed by atoms with Crippen LogP contribution in [0.4, 0.5) is 0 Å². The highest BCUT2D eigenvalue weighted by Gasteiger charge is 2.06. The van der Waals surface area contributed by atoms with Gasteiger partial charge in [-0.2, -0.15) is 0 Å². The molecule has 3 N–H and O–H groups in total. The number of aromatic amines is 1. The number of nitrogens with zero attached hydrogens (tertiary/aromatic N) is 1. The summed E-state index contributed by atoms with van der Waals surface area (Å²) in [7, 11) is 0. The molecule has 90 valence electrons. The first-order chi connectivity index (χ1) is 8.22. The molecule has 0 atom stereocenters. The Bertz CT molecular complexity index is 559. The van der Waals surface area contributed by atoms with Crippen molar-refractivity contribution in [2.75, 3.05) is 6.54 Å². The summed E-state index contributed by atoms with van der Waals surface area (Å²) in [4.78, 5) is 11.9. The Morgan fingerprint density at radius 2 is 2.06 bits per heavy atom. The minimum atomic E-state index is 0.00574. The lowest BCUT2D eigenvalue weighted by Crippen LogP contribution is -2.21. The molecule has 0 radical (unpaired) electrons. The molecule has 0 spiro atoms. The van der Waals surface area contributed by atoms with E-state index in [4.69, 9.17) is 5.73 Å². The molecule has 0 aliphatic rings. The summed E-state index contributed by atoms with van der Waals surface area (Å²) in [5.74, 6) is 0. The van der Waals surface area contributed by atoms with Crippen LogP contribution in [0.3, 0.4) is 0 Å². The lowest BCUT2D eigenvalue weighted by atomic mass is 10.2. The molecule has 0 bridgehead atoms. The van der Waals surface area contributed by atoms with Gasteiger partial charge in [0.25, 0.3) is 5.56 Å². The number of rotatable bonds is 4. The number of hydrogen-bond donors (Lipinski definition) is 2. The largest absolute Gasteiger partial charge is 0.330 e. The average molecular weight is 296 g/mol. The van der Waals surface area contributed by atoms with E-state index in [2.05, 4.69) is 21.0 Å². The van der Waals surface area contributed by atoms with E-state index in [1.807, 2.05) is 24.3 Å². The third kappa shape index (κ3) is 2.68. The lowest BCUT2D eigenvalue weighted by Gasteiger charge is -2.04. The second-order valence-electron chi connectivity index (χ2n) is 3.82. The number of aromatic nitrogens is 2. The van der Waals surface area contributed by atoms with E-state index in [-0.39, 0.29) is 5.56 Å². The molecule has 5 heteroatoms. The highest BCUT2D eigenvalue weighted by Crippen LogP contribution is 2.16. The van der Waals surface area contributed by atoms with Gasteiger partial charge < -0.3 is 10.8 Å². The number of H-pyrrole nitrogens is 1. The molecule has 2 rings (SSSR count). The highest BCUT2D eigenvalue weighted by atomic mass is 79.9. The monoisotopic (exact) mass is 295 g/mol. The summed E-state index contributed by atoms with van der Waals surface area (Å²) in [5, 5.41) is 2.96. The van der Waals surface area contributed by atoms with Crippen LogP contribution in [-0.4, -0.2) is 16.3 Å². The Kier molecular flexibility index (Phi) is 3.81. The van der Waals surface area contributed by atoms with Gasteiger partial charge in [-0.3, -0.25) is 4.79 Å². The summed E-state index contributed by atoms with van der Waals surface area (Å²) >= 11 is 3.47. The van der Waals surface area contributed by atoms with Crippen LogP contribution in [0.1, 0.15) is 11.1 Å². The molecule has 0 saturated carbocycles. The van der Waals surface area contributed by atoms with Crippen LogP contribution in [0, 0.1) is 0 Å². The van der Waals surface area contributed by atoms with Gasteiger partial charge in [0.2, 0.25) is 0 Å². The summed E-state index contributed by atoms with van der Waals surface area (Å²) in [6, 6.07) is 7.85. The second-order valence-corrected chi connectivity index (χ2v) is 4.67. The summed E-state index contributed by atoms with van der Waals surface area (Å²) < 4.78 is 2.59. The minimum absolute atomic E-state index is 0.00574. The molecular weight excluding hydrogens is 282 g/mol. The SMILES string of the molecule is NCCc1c[nH]n(Cc2ccccc2Br)c1=O. The van der Waals surface area contributed by atoms with E-state index >= 15 is 0 Å². The van der Waals surface area contributed by atoms with E-state index in [9.17, 15) is 4.79 Å². The number of nitrogens with one attached hydrogen (secondary N) is 1. The first kappa shape index (κ1) is 12.1. The van der Waals surface area contributed by atoms with Gasteiger partial charge in [0, 0.05) is 16.2 Å². The molecule has 0 aliphatic heterocycles. The minimum Gasteiger partial charge on any atom is -0.330 e. The Labute approximate surface area is 108 Å². The topological polar surface area (TPSA) is 63.8 Å². The second kappa shape index (κ2) is 5.33. The third-order valence-electron chi connectivity index (χ3n) is 2.61. The number of halogens is 1. The molecule has 0 fully saturated rings. The average Bonchev–Trinajstić information content (AvgIpc) is 2.65. The van der Waals surface area contributed by atoms with Crippen molar-refractivity contribution in [1.29, 1.82) is 0 Å². The normalized spacial score (nSPS) is 10.7. The maximum absolute atomic E-state index is 11.9. The molecular formula is C12H14BrN3O. The fraction of sp³-hybridized carbons (Fsp3) is 0.250. The fourth-order valence-corrected chi connectivity index (χ4v) is 2.11. The van der Waals surface area contributed by atoms with Crippen LogP contribution < -0.4 is 11.3 Å². The van der Waals surface area contributed by atoms with Crippen LogP contribution >= 0.6 is 15.9 Å².